The molecule has 0 radical (unpaired) electrons. The molecular formula is C25H32ClN3O5S. The molecule has 0 aromatic heterocycles. The number of sulfonamides is 1. The van der Waals surface area contributed by atoms with Crippen molar-refractivity contribution in [2.45, 2.75) is 51.2 Å². The minimum Gasteiger partial charge on any atom is -0.497 e. The number of halogens is 1. The van der Waals surface area contributed by atoms with Crippen molar-refractivity contribution in [1.82, 2.24) is 10.2 Å². The fourth-order valence-electron chi connectivity index (χ4n) is 4.15. The molecular weight excluding hydrogens is 490 g/mol. The number of hydrogen-bond acceptors (Lipinski definition) is 5. The lowest BCUT2D eigenvalue weighted by Gasteiger charge is -2.32. The molecule has 0 bridgehead atoms. The Hall–Kier alpha value is -2.78. The van der Waals surface area contributed by atoms with Crippen LogP contribution in [0.15, 0.2) is 48.5 Å². The Morgan fingerprint density at radius 2 is 1.74 bits per heavy atom. The lowest BCUT2D eigenvalue weighted by molar-refractivity contribution is -0.139. The van der Waals surface area contributed by atoms with Gasteiger partial charge < -0.3 is 15.0 Å². The first-order valence-electron chi connectivity index (χ1n) is 11.5. The summed E-state index contributed by atoms with van der Waals surface area (Å²) >= 11 is 6.34. The van der Waals surface area contributed by atoms with Crippen molar-refractivity contribution < 1.29 is 22.7 Å². The molecule has 8 nitrogen and oxygen atoms in total. The SMILES string of the molecule is COc1ccc(N(CC(=O)N(Cc2ccccc2Cl)[C@H](C)C(=O)NC2CCCC2)S(C)(=O)=O)cc1. The van der Waals surface area contributed by atoms with E-state index in [1.165, 1.54) is 12.0 Å². The van der Waals surface area contributed by atoms with Gasteiger partial charge >= 0.3 is 0 Å². The maximum absolute atomic E-state index is 13.6. The van der Waals surface area contributed by atoms with Crippen molar-refractivity contribution in [3.63, 3.8) is 0 Å². The van der Waals surface area contributed by atoms with Crippen molar-refractivity contribution in [2.75, 3.05) is 24.2 Å². The van der Waals surface area contributed by atoms with Crippen LogP contribution in [0.2, 0.25) is 5.02 Å². The molecule has 1 fully saturated rings. The van der Waals surface area contributed by atoms with Gasteiger partial charge in [0.1, 0.15) is 18.3 Å². The van der Waals surface area contributed by atoms with E-state index in [2.05, 4.69) is 5.32 Å². The molecule has 1 N–H and O–H groups in total. The van der Waals surface area contributed by atoms with E-state index >= 15 is 0 Å². The number of amides is 2. The number of ether oxygens (including phenoxy) is 1. The van der Waals surface area contributed by atoms with Crippen molar-refractivity contribution in [3.05, 3.63) is 59.1 Å². The molecule has 2 aromatic carbocycles. The van der Waals surface area contributed by atoms with Gasteiger partial charge in [-0.1, -0.05) is 42.6 Å². The molecule has 1 aliphatic rings. The van der Waals surface area contributed by atoms with E-state index in [4.69, 9.17) is 16.3 Å². The zero-order chi connectivity index (χ0) is 25.6. The number of hydrogen-bond donors (Lipinski definition) is 1. The number of anilines is 1. The highest BCUT2D eigenvalue weighted by Crippen LogP contribution is 2.24. The summed E-state index contributed by atoms with van der Waals surface area (Å²) in [7, 11) is -2.28. The summed E-state index contributed by atoms with van der Waals surface area (Å²) in [6, 6.07) is 12.7. The van der Waals surface area contributed by atoms with Gasteiger partial charge in [0.2, 0.25) is 21.8 Å². The summed E-state index contributed by atoms with van der Waals surface area (Å²) < 4.78 is 31.4. The van der Waals surface area contributed by atoms with E-state index in [1.54, 1.807) is 55.5 Å². The third-order valence-corrected chi connectivity index (χ3v) is 7.72. The smallest absolute Gasteiger partial charge is 0.244 e. The van der Waals surface area contributed by atoms with Crippen LogP contribution >= 0.6 is 11.6 Å². The molecule has 0 saturated heterocycles. The Kier molecular flexibility index (Phi) is 9.02. The van der Waals surface area contributed by atoms with Crippen LogP contribution in [0.4, 0.5) is 5.69 Å². The van der Waals surface area contributed by atoms with Gasteiger partial charge in [-0.3, -0.25) is 13.9 Å². The average molecular weight is 522 g/mol. The first-order valence-corrected chi connectivity index (χ1v) is 13.8. The van der Waals surface area contributed by atoms with Gasteiger partial charge in [0.25, 0.3) is 0 Å². The van der Waals surface area contributed by atoms with Crippen LogP contribution in [0.3, 0.4) is 0 Å². The lowest BCUT2D eigenvalue weighted by atomic mass is 10.1. The normalized spacial score (nSPS) is 14.9. The van der Waals surface area contributed by atoms with Gasteiger partial charge in [-0.05, 0) is 55.7 Å². The predicted octanol–water partition coefficient (Wildman–Crippen LogP) is 3.59. The Labute approximate surface area is 212 Å². The van der Waals surface area contributed by atoms with Crippen LogP contribution < -0.4 is 14.4 Å². The highest BCUT2D eigenvalue weighted by Gasteiger charge is 2.31. The summed E-state index contributed by atoms with van der Waals surface area (Å²) in [6.45, 7) is 1.26. The number of carbonyl (C=O) groups is 2. The van der Waals surface area contributed by atoms with Crippen molar-refractivity contribution in [2.24, 2.45) is 0 Å². The van der Waals surface area contributed by atoms with Gasteiger partial charge in [-0.15, -0.1) is 0 Å². The molecule has 0 spiro atoms. The molecule has 1 saturated carbocycles. The van der Waals surface area contributed by atoms with Gasteiger partial charge in [-0.25, -0.2) is 8.42 Å². The first-order chi connectivity index (χ1) is 16.6. The molecule has 2 aromatic rings. The number of methoxy groups -OCH3 is 1. The van der Waals surface area contributed by atoms with Crippen molar-refractivity contribution >= 4 is 39.1 Å². The molecule has 10 heteroatoms. The number of nitrogens with zero attached hydrogens (tertiary/aromatic N) is 2. The fraction of sp³-hybridized carbons (Fsp3) is 0.440. The quantitative estimate of drug-likeness (QED) is 0.515. The van der Waals surface area contributed by atoms with E-state index in [-0.39, 0.29) is 18.5 Å². The van der Waals surface area contributed by atoms with Crippen LogP contribution in [-0.4, -0.2) is 57.1 Å². The summed E-state index contributed by atoms with van der Waals surface area (Å²) in [5.74, 6) is -0.223. The van der Waals surface area contributed by atoms with E-state index in [0.717, 1.165) is 36.2 Å². The Morgan fingerprint density at radius 1 is 1.11 bits per heavy atom. The first kappa shape index (κ1) is 26.8. The van der Waals surface area contributed by atoms with Crippen LogP contribution in [-0.2, 0) is 26.2 Å². The van der Waals surface area contributed by atoms with E-state index in [9.17, 15) is 18.0 Å². The lowest BCUT2D eigenvalue weighted by Crippen LogP contribution is -2.52. The van der Waals surface area contributed by atoms with Crippen molar-refractivity contribution in [3.8, 4) is 5.75 Å². The molecule has 190 valence electrons. The zero-order valence-corrected chi connectivity index (χ0v) is 21.8. The molecule has 35 heavy (non-hydrogen) atoms. The van der Waals surface area contributed by atoms with Crippen LogP contribution in [0, 0.1) is 0 Å². The molecule has 1 atom stereocenters. The summed E-state index contributed by atoms with van der Waals surface area (Å²) in [5.41, 5.74) is 0.987. The van der Waals surface area contributed by atoms with Crippen LogP contribution in [0.1, 0.15) is 38.2 Å². The monoisotopic (exact) mass is 521 g/mol. The maximum Gasteiger partial charge on any atom is 0.244 e. The summed E-state index contributed by atoms with van der Waals surface area (Å²) in [5, 5.41) is 3.49. The fourth-order valence-corrected chi connectivity index (χ4v) is 5.19. The summed E-state index contributed by atoms with van der Waals surface area (Å²) in [4.78, 5) is 28.0. The van der Waals surface area contributed by atoms with Gasteiger partial charge in [0, 0.05) is 17.6 Å². The van der Waals surface area contributed by atoms with Gasteiger partial charge in [0.05, 0.1) is 19.1 Å². The minimum absolute atomic E-state index is 0.0674. The molecule has 0 aliphatic heterocycles. The predicted molar refractivity (Wildman–Crippen MR) is 137 cm³/mol. The number of benzene rings is 2. The Morgan fingerprint density at radius 3 is 2.31 bits per heavy atom. The van der Waals surface area contributed by atoms with Crippen LogP contribution in [0.25, 0.3) is 0 Å². The second-order valence-electron chi connectivity index (χ2n) is 8.75. The van der Waals surface area contributed by atoms with Gasteiger partial charge in [0.15, 0.2) is 0 Å². The molecule has 0 unspecified atom stereocenters. The molecule has 0 heterocycles. The van der Waals surface area contributed by atoms with E-state index in [1.807, 2.05) is 0 Å². The van der Waals surface area contributed by atoms with E-state index in [0.29, 0.717) is 22.0 Å². The Balaban J connectivity index is 1.88. The molecule has 2 amide bonds. The van der Waals surface area contributed by atoms with E-state index < -0.39 is 28.5 Å². The number of nitrogens with one attached hydrogen (secondary N) is 1. The maximum atomic E-state index is 13.6. The third-order valence-electron chi connectivity index (χ3n) is 6.21. The van der Waals surface area contributed by atoms with Gasteiger partial charge in [-0.2, -0.15) is 0 Å². The molecule has 1 aliphatic carbocycles. The highest BCUT2D eigenvalue weighted by molar-refractivity contribution is 7.92. The largest absolute Gasteiger partial charge is 0.497 e. The minimum atomic E-state index is -3.79. The number of rotatable bonds is 10. The van der Waals surface area contributed by atoms with Crippen LogP contribution in [0.5, 0.6) is 5.75 Å². The number of carbonyl (C=O) groups excluding carboxylic acids is 2. The standard InChI is InChI=1S/C25H32ClN3O5S/c1-18(25(31)27-20-9-5-6-10-20)28(16-19-8-4-7-11-23(19)26)24(30)17-29(35(3,32)33)21-12-14-22(34-2)15-13-21/h4,7-8,11-15,18,20H,5-6,9-10,16-17H2,1-3H3,(H,27,31)/t18-/m1/s1. The second kappa shape index (κ2) is 11.8. The summed E-state index contributed by atoms with van der Waals surface area (Å²) in [6.07, 6.45) is 4.99. The molecule has 3 rings (SSSR count). The zero-order valence-electron chi connectivity index (χ0n) is 20.2. The second-order valence-corrected chi connectivity index (χ2v) is 11.1. The Bertz CT molecular complexity index is 1130. The average Bonchev–Trinajstić information content (AvgIpc) is 3.34. The third kappa shape index (κ3) is 7.11. The van der Waals surface area contributed by atoms with Crippen molar-refractivity contribution in [1.29, 1.82) is 0 Å². The highest BCUT2D eigenvalue weighted by atomic mass is 35.5. The topological polar surface area (TPSA) is 96.0 Å².